The van der Waals surface area contributed by atoms with Gasteiger partial charge in [0.2, 0.25) is 5.91 Å². The number of hydrogen-bond donors (Lipinski definition) is 1. The van der Waals surface area contributed by atoms with Crippen molar-refractivity contribution in [3.63, 3.8) is 0 Å². The molecule has 0 bridgehead atoms. The normalized spacial score (nSPS) is 17.2. The number of nitrogens with zero attached hydrogens (tertiary/aromatic N) is 2. The maximum atomic E-state index is 12.8. The van der Waals surface area contributed by atoms with Gasteiger partial charge >= 0.3 is 0 Å². The summed E-state index contributed by atoms with van der Waals surface area (Å²) in [5.41, 5.74) is 0.727. The number of carbonyl (C=O) groups excluding carboxylic acids is 1. The third-order valence-electron chi connectivity index (χ3n) is 3.99. The topological polar surface area (TPSA) is 56.1 Å². The fourth-order valence-electron chi connectivity index (χ4n) is 2.66. The molecule has 1 aromatic carbocycles. The first-order chi connectivity index (χ1) is 9.65. The number of benzene rings is 1. The van der Waals surface area contributed by atoms with E-state index in [1.165, 1.54) is 0 Å². The van der Waals surface area contributed by atoms with Crippen molar-refractivity contribution in [1.82, 2.24) is 10.2 Å². The van der Waals surface area contributed by atoms with Crippen molar-refractivity contribution in [2.75, 3.05) is 19.6 Å². The molecule has 0 radical (unpaired) electrons. The second-order valence-corrected chi connectivity index (χ2v) is 5.62. The van der Waals surface area contributed by atoms with Crippen LogP contribution in [0.4, 0.5) is 0 Å². The molecule has 0 unspecified atom stereocenters. The quantitative estimate of drug-likeness (QED) is 0.851. The minimum atomic E-state index is -0.336. The Balaban J connectivity index is 2.11. The Morgan fingerprint density at radius 2 is 2.00 bits per heavy atom. The highest BCUT2D eigenvalue weighted by Crippen LogP contribution is 2.30. The molecule has 1 amide bonds. The van der Waals surface area contributed by atoms with Gasteiger partial charge in [-0.15, -0.1) is 0 Å². The van der Waals surface area contributed by atoms with Crippen LogP contribution < -0.4 is 5.32 Å². The standard InChI is InChI=1S/C16H21N3O/c1-16(7-10-18-11-8-16)15(20)19(12-9-17)13-14-5-3-2-4-6-14/h2-6,18H,7-8,10-13H2,1H3. The van der Waals surface area contributed by atoms with E-state index < -0.39 is 0 Å². The summed E-state index contributed by atoms with van der Waals surface area (Å²) in [6.45, 7) is 4.42. The number of carbonyl (C=O) groups is 1. The zero-order valence-electron chi connectivity index (χ0n) is 11.9. The summed E-state index contributed by atoms with van der Waals surface area (Å²) in [5, 5.41) is 12.3. The molecule has 4 heteroatoms. The van der Waals surface area contributed by atoms with Crippen molar-refractivity contribution in [2.45, 2.75) is 26.3 Å². The second kappa shape index (κ2) is 6.53. The first-order valence-electron chi connectivity index (χ1n) is 7.07. The van der Waals surface area contributed by atoms with Crippen molar-refractivity contribution in [1.29, 1.82) is 5.26 Å². The van der Waals surface area contributed by atoms with E-state index in [9.17, 15) is 4.79 Å². The predicted octanol–water partition coefficient (Wildman–Crippen LogP) is 1.93. The number of nitriles is 1. The Morgan fingerprint density at radius 1 is 1.35 bits per heavy atom. The Kier molecular flexibility index (Phi) is 4.75. The molecule has 1 saturated heterocycles. The summed E-state index contributed by atoms with van der Waals surface area (Å²) in [7, 11) is 0. The van der Waals surface area contributed by atoms with Gasteiger partial charge in [-0.2, -0.15) is 5.26 Å². The van der Waals surface area contributed by atoms with Crippen molar-refractivity contribution in [2.24, 2.45) is 5.41 Å². The molecule has 1 aliphatic heterocycles. The fraction of sp³-hybridized carbons (Fsp3) is 0.500. The van der Waals surface area contributed by atoms with Gasteiger partial charge in [-0.1, -0.05) is 37.3 Å². The lowest BCUT2D eigenvalue weighted by molar-refractivity contribution is -0.142. The van der Waals surface area contributed by atoms with Gasteiger partial charge in [0.05, 0.1) is 6.07 Å². The average Bonchev–Trinajstić information content (AvgIpc) is 2.48. The summed E-state index contributed by atoms with van der Waals surface area (Å²) in [6.07, 6.45) is 1.67. The van der Waals surface area contributed by atoms with E-state index in [0.29, 0.717) is 6.54 Å². The maximum absolute atomic E-state index is 12.8. The number of nitrogens with one attached hydrogen (secondary N) is 1. The monoisotopic (exact) mass is 271 g/mol. The van der Waals surface area contributed by atoms with Crippen molar-refractivity contribution < 1.29 is 4.79 Å². The Bertz CT molecular complexity index is 486. The third kappa shape index (κ3) is 3.37. The number of hydrogen-bond acceptors (Lipinski definition) is 3. The van der Waals surface area contributed by atoms with Gasteiger partial charge in [0, 0.05) is 12.0 Å². The summed E-state index contributed by atoms with van der Waals surface area (Å²) in [5.74, 6) is 0.101. The number of amides is 1. The minimum Gasteiger partial charge on any atom is -0.325 e. The zero-order chi connectivity index (χ0) is 14.4. The Labute approximate surface area is 120 Å². The van der Waals surface area contributed by atoms with Crippen molar-refractivity contribution in [3.8, 4) is 6.07 Å². The van der Waals surface area contributed by atoms with Crippen LogP contribution in [0.15, 0.2) is 30.3 Å². The van der Waals surface area contributed by atoms with Crippen LogP contribution >= 0.6 is 0 Å². The van der Waals surface area contributed by atoms with Crippen LogP contribution in [-0.4, -0.2) is 30.4 Å². The molecule has 2 rings (SSSR count). The first-order valence-corrected chi connectivity index (χ1v) is 7.07. The van der Waals surface area contributed by atoms with E-state index in [1.807, 2.05) is 37.3 Å². The average molecular weight is 271 g/mol. The zero-order valence-corrected chi connectivity index (χ0v) is 11.9. The molecule has 1 aromatic rings. The molecule has 1 N–H and O–H groups in total. The van der Waals surface area contributed by atoms with Crippen LogP contribution in [0.25, 0.3) is 0 Å². The lowest BCUT2D eigenvalue weighted by atomic mass is 9.79. The highest BCUT2D eigenvalue weighted by molar-refractivity contribution is 5.82. The summed E-state index contributed by atoms with van der Waals surface area (Å²) in [4.78, 5) is 14.4. The van der Waals surface area contributed by atoms with Gasteiger partial charge in [-0.3, -0.25) is 4.79 Å². The molecule has 4 nitrogen and oxygen atoms in total. The van der Waals surface area contributed by atoms with Gasteiger partial charge in [0.1, 0.15) is 6.54 Å². The smallest absolute Gasteiger partial charge is 0.229 e. The van der Waals surface area contributed by atoms with Gasteiger partial charge < -0.3 is 10.2 Å². The maximum Gasteiger partial charge on any atom is 0.229 e. The SMILES string of the molecule is CC1(C(=O)N(CC#N)Cc2ccccc2)CCNCC1. The highest BCUT2D eigenvalue weighted by atomic mass is 16.2. The number of rotatable bonds is 4. The summed E-state index contributed by atoms with van der Waals surface area (Å²) >= 11 is 0. The van der Waals surface area contributed by atoms with Crippen LogP contribution in [0.2, 0.25) is 0 Å². The van der Waals surface area contributed by atoms with E-state index in [0.717, 1.165) is 31.5 Å². The van der Waals surface area contributed by atoms with E-state index in [2.05, 4.69) is 11.4 Å². The molecule has 20 heavy (non-hydrogen) atoms. The Hall–Kier alpha value is -1.86. The van der Waals surface area contributed by atoms with Crippen molar-refractivity contribution in [3.05, 3.63) is 35.9 Å². The van der Waals surface area contributed by atoms with Crippen LogP contribution in [0, 0.1) is 16.7 Å². The van der Waals surface area contributed by atoms with E-state index in [4.69, 9.17) is 5.26 Å². The molecule has 1 heterocycles. The lowest BCUT2D eigenvalue weighted by Crippen LogP contribution is -2.47. The van der Waals surface area contributed by atoms with E-state index in [-0.39, 0.29) is 17.9 Å². The van der Waals surface area contributed by atoms with Crippen molar-refractivity contribution >= 4 is 5.91 Å². The molecule has 1 aliphatic rings. The van der Waals surface area contributed by atoms with Gasteiger partial charge in [-0.05, 0) is 31.5 Å². The van der Waals surface area contributed by atoms with Crippen LogP contribution in [0.5, 0.6) is 0 Å². The van der Waals surface area contributed by atoms with E-state index >= 15 is 0 Å². The first kappa shape index (κ1) is 14.5. The molecule has 1 fully saturated rings. The van der Waals surface area contributed by atoms with Crippen LogP contribution in [0.1, 0.15) is 25.3 Å². The van der Waals surface area contributed by atoms with Gasteiger partial charge in [-0.25, -0.2) is 0 Å². The van der Waals surface area contributed by atoms with E-state index in [1.54, 1.807) is 4.90 Å². The Morgan fingerprint density at radius 3 is 2.60 bits per heavy atom. The minimum absolute atomic E-state index is 0.101. The van der Waals surface area contributed by atoms with Gasteiger partial charge in [0.25, 0.3) is 0 Å². The summed E-state index contributed by atoms with van der Waals surface area (Å²) < 4.78 is 0. The molecule has 0 spiro atoms. The number of piperidine rings is 1. The van der Waals surface area contributed by atoms with Crippen LogP contribution in [-0.2, 0) is 11.3 Å². The fourth-order valence-corrected chi connectivity index (χ4v) is 2.66. The van der Waals surface area contributed by atoms with Crippen LogP contribution in [0.3, 0.4) is 0 Å². The molecule has 0 aromatic heterocycles. The predicted molar refractivity (Wildman–Crippen MR) is 77.7 cm³/mol. The molecule has 0 aliphatic carbocycles. The molecule has 106 valence electrons. The molecular formula is C16H21N3O. The third-order valence-corrected chi connectivity index (χ3v) is 3.99. The van der Waals surface area contributed by atoms with Gasteiger partial charge in [0.15, 0.2) is 0 Å². The molecular weight excluding hydrogens is 250 g/mol. The highest BCUT2D eigenvalue weighted by Gasteiger charge is 2.37. The summed E-state index contributed by atoms with van der Waals surface area (Å²) in [6, 6.07) is 12.0. The largest absolute Gasteiger partial charge is 0.325 e. The molecule has 0 saturated carbocycles. The lowest BCUT2D eigenvalue weighted by Gasteiger charge is -2.36. The molecule has 0 atom stereocenters. The second-order valence-electron chi connectivity index (χ2n) is 5.62.